The van der Waals surface area contributed by atoms with E-state index in [1.807, 2.05) is 5.38 Å². The van der Waals surface area contributed by atoms with E-state index < -0.39 is 5.41 Å². The van der Waals surface area contributed by atoms with Gasteiger partial charge >= 0.3 is 5.97 Å². The number of nitrogens with zero attached hydrogens (tertiary/aromatic N) is 1. The molecule has 19 heavy (non-hydrogen) atoms. The van der Waals surface area contributed by atoms with Crippen molar-refractivity contribution in [2.75, 3.05) is 13.2 Å². The predicted octanol–water partition coefficient (Wildman–Crippen LogP) is 2.21. The highest BCUT2D eigenvalue weighted by atomic mass is 32.1. The van der Waals surface area contributed by atoms with E-state index in [4.69, 9.17) is 9.47 Å². The summed E-state index contributed by atoms with van der Waals surface area (Å²) in [5, 5.41) is 2.36. The van der Waals surface area contributed by atoms with Crippen molar-refractivity contribution in [1.82, 2.24) is 4.98 Å². The van der Waals surface area contributed by atoms with Crippen LogP contribution < -0.4 is 4.74 Å². The monoisotopic (exact) mass is 283 g/mol. The number of esters is 1. The first kappa shape index (κ1) is 14.0. The van der Waals surface area contributed by atoms with E-state index in [2.05, 4.69) is 4.98 Å². The van der Waals surface area contributed by atoms with Crippen molar-refractivity contribution < 1.29 is 19.1 Å². The molecule has 0 spiro atoms. The van der Waals surface area contributed by atoms with Crippen LogP contribution in [0.25, 0.3) is 0 Å². The molecule has 104 valence electrons. The number of hydrogen-bond acceptors (Lipinski definition) is 6. The Hall–Kier alpha value is -1.43. The molecule has 2 rings (SSSR count). The van der Waals surface area contributed by atoms with Crippen LogP contribution in [0.1, 0.15) is 32.6 Å². The molecule has 6 heteroatoms. The smallest absolute Gasteiger partial charge is 0.315 e. The Morgan fingerprint density at radius 1 is 1.47 bits per heavy atom. The number of hydrogen-bond donors (Lipinski definition) is 0. The maximum Gasteiger partial charge on any atom is 0.315 e. The molecule has 0 aliphatic heterocycles. The first-order valence-corrected chi connectivity index (χ1v) is 7.25. The largest absolute Gasteiger partial charge is 0.469 e. The summed E-state index contributed by atoms with van der Waals surface area (Å²) in [4.78, 5) is 27.5. The van der Waals surface area contributed by atoms with Crippen molar-refractivity contribution in [1.29, 1.82) is 0 Å². The van der Waals surface area contributed by atoms with Gasteiger partial charge in [-0.05, 0) is 19.8 Å². The number of carbonyl (C=O) groups is 2. The molecule has 1 aromatic heterocycles. The normalized spacial score (nSPS) is 18.1. The molecule has 0 amide bonds. The molecular formula is C13H17NO4S. The van der Waals surface area contributed by atoms with Crippen LogP contribution in [0, 0.1) is 5.41 Å². The van der Waals surface area contributed by atoms with Gasteiger partial charge in [-0.2, -0.15) is 0 Å². The summed E-state index contributed by atoms with van der Waals surface area (Å²) in [6.07, 6.45) is 3.48. The van der Waals surface area contributed by atoms with Crippen LogP contribution in [-0.2, 0) is 14.3 Å². The predicted molar refractivity (Wildman–Crippen MR) is 70.2 cm³/mol. The Labute approximate surface area is 115 Å². The second-order valence-corrected chi connectivity index (χ2v) is 5.48. The highest BCUT2D eigenvalue weighted by Crippen LogP contribution is 2.37. The van der Waals surface area contributed by atoms with Gasteiger partial charge in [-0.1, -0.05) is 11.3 Å². The summed E-state index contributed by atoms with van der Waals surface area (Å²) in [7, 11) is 0. The van der Waals surface area contributed by atoms with Gasteiger partial charge in [0.05, 0.1) is 6.61 Å². The van der Waals surface area contributed by atoms with Crippen LogP contribution in [0.2, 0.25) is 0 Å². The maximum atomic E-state index is 12.2. The molecule has 1 saturated carbocycles. The third-order valence-electron chi connectivity index (χ3n) is 3.35. The number of rotatable bonds is 5. The molecule has 5 nitrogen and oxygen atoms in total. The lowest BCUT2D eigenvalue weighted by Gasteiger charge is -2.33. The van der Waals surface area contributed by atoms with Gasteiger partial charge in [-0.3, -0.25) is 9.59 Å². The zero-order valence-electron chi connectivity index (χ0n) is 10.9. The highest BCUT2D eigenvalue weighted by Gasteiger charge is 2.44. The molecule has 0 N–H and O–H groups in total. The molecule has 1 aliphatic carbocycles. The standard InChI is InChI=1S/C13H17NO4S/c1-2-17-11(16)13(5-3-10(15)4-6-13)9-18-12-14-7-8-19-12/h7-8H,2-6,9H2,1H3. The van der Waals surface area contributed by atoms with Crippen LogP contribution in [0.15, 0.2) is 11.6 Å². The molecule has 0 atom stereocenters. The summed E-state index contributed by atoms with van der Waals surface area (Å²) in [5.41, 5.74) is -0.699. The Morgan fingerprint density at radius 2 is 2.21 bits per heavy atom. The number of ether oxygens (including phenoxy) is 2. The summed E-state index contributed by atoms with van der Waals surface area (Å²) >= 11 is 1.38. The molecule has 0 saturated heterocycles. The lowest BCUT2D eigenvalue weighted by atomic mass is 9.74. The van der Waals surface area contributed by atoms with Gasteiger partial charge in [0.25, 0.3) is 5.19 Å². The number of thiazole rings is 1. The van der Waals surface area contributed by atoms with Crippen LogP contribution in [-0.4, -0.2) is 30.0 Å². The summed E-state index contributed by atoms with van der Waals surface area (Å²) < 4.78 is 10.7. The lowest BCUT2D eigenvalue weighted by Crippen LogP contribution is -2.42. The molecule has 0 radical (unpaired) electrons. The van der Waals surface area contributed by atoms with Crippen molar-refractivity contribution >= 4 is 23.1 Å². The van der Waals surface area contributed by atoms with Crippen LogP contribution in [0.4, 0.5) is 0 Å². The van der Waals surface area contributed by atoms with Gasteiger partial charge in [0.15, 0.2) is 0 Å². The Kier molecular flexibility index (Phi) is 4.52. The third-order valence-corrected chi connectivity index (χ3v) is 4.04. The van der Waals surface area contributed by atoms with E-state index >= 15 is 0 Å². The number of Topliss-reactive ketones (excluding diaryl/α,β-unsaturated/α-hetero) is 1. The molecule has 1 heterocycles. The second kappa shape index (κ2) is 6.14. The zero-order valence-corrected chi connectivity index (χ0v) is 11.7. The minimum atomic E-state index is -0.699. The van der Waals surface area contributed by atoms with E-state index in [0.717, 1.165) is 0 Å². The van der Waals surface area contributed by atoms with Crippen LogP contribution in [0.5, 0.6) is 5.19 Å². The van der Waals surface area contributed by atoms with Crippen molar-refractivity contribution in [2.24, 2.45) is 5.41 Å². The van der Waals surface area contributed by atoms with Crippen molar-refractivity contribution in [3.05, 3.63) is 11.6 Å². The first-order valence-electron chi connectivity index (χ1n) is 6.37. The molecule has 0 aromatic carbocycles. The van der Waals surface area contributed by atoms with Gasteiger partial charge in [0.2, 0.25) is 0 Å². The fraction of sp³-hybridized carbons (Fsp3) is 0.615. The Balaban J connectivity index is 2.05. The van der Waals surface area contributed by atoms with E-state index in [1.165, 1.54) is 11.3 Å². The maximum absolute atomic E-state index is 12.2. The van der Waals surface area contributed by atoms with Gasteiger partial charge in [0, 0.05) is 24.4 Å². The fourth-order valence-electron chi connectivity index (χ4n) is 2.18. The molecule has 0 unspecified atom stereocenters. The van der Waals surface area contributed by atoms with Crippen molar-refractivity contribution in [3.8, 4) is 5.19 Å². The van der Waals surface area contributed by atoms with E-state index in [-0.39, 0.29) is 18.4 Å². The van der Waals surface area contributed by atoms with E-state index in [0.29, 0.717) is 37.5 Å². The van der Waals surface area contributed by atoms with Gasteiger partial charge < -0.3 is 9.47 Å². The van der Waals surface area contributed by atoms with Crippen LogP contribution >= 0.6 is 11.3 Å². The van der Waals surface area contributed by atoms with Gasteiger partial charge in [-0.25, -0.2) is 4.98 Å². The topological polar surface area (TPSA) is 65.5 Å². The quantitative estimate of drug-likeness (QED) is 0.775. The average Bonchev–Trinajstić information content (AvgIpc) is 2.92. The molecule has 1 aromatic rings. The Morgan fingerprint density at radius 3 is 2.79 bits per heavy atom. The van der Waals surface area contributed by atoms with Crippen molar-refractivity contribution in [3.63, 3.8) is 0 Å². The summed E-state index contributed by atoms with van der Waals surface area (Å²) in [6.45, 7) is 2.35. The average molecular weight is 283 g/mol. The van der Waals surface area contributed by atoms with Crippen LogP contribution in [0.3, 0.4) is 0 Å². The molecule has 1 aliphatic rings. The zero-order chi connectivity index (χ0) is 13.7. The SMILES string of the molecule is CCOC(=O)C1(COc2nccs2)CCC(=O)CC1. The molecule has 0 bridgehead atoms. The highest BCUT2D eigenvalue weighted by molar-refractivity contribution is 7.11. The van der Waals surface area contributed by atoms with E-state index in [9.17, 15) is 9.59 Å². The number of ketones is 1. The number of aromatic nitrogens is 1. The first-order chi connectivity index (χ1) is 9.16. The molecule has 1 fully saturated rings. The summed E-state index contributed by atoms with van der Waals surface area (Å²) in [6, 6.07) is 0. The number of carbonyl (C=O) groups excluding carboxylic acids is 2. The fourth-order valence-corrected chi connectivity index (χ4v) is 2.67. The second-order valence-electron chi connectivity index (χ2n) is 4.63. The van der Waals surface area contributed by atoms with E-state index in [1.54, 1.807) is 13.1 Å². The van der Waals surface area contributed by atoms with Gasteiger partial charge in [-0.15, -0.1) is 0 Å². The molecular weight excluding hydrogens is 266 g/mol. The lowest BCUT2D eigenvalue weighted by molar-refractivity contribution is -0.160. The van der Waals surface area contributed by atoms with Crippen molar-refractivity contribution in [2.45, 2.75) is 32.6 Å². The third kappa shape index (κ3) is 3.32. The van der Waals surface area contributed by atoms with Gasteiger partial charge in [0.1, 0.15) is 17.8 Å². The Bertz CT molecular complexity index is 434. The minimum absolute atomic E-state index is 0.203. The summed E-state index contributed by atoms with van der Waals surface area (Å²) in [5.74, 6) is -0.0618. The minimum Gasteiger partial charge on any atom is -0.469 e.